The van der Waals surface area contributed by atoms with Crippen molar-refractivity contribution in [3.63, 3.8) is 0 Å². The third kappa shape index (κ3) is 4.03. The summed E-state index contributed by atoms with van der Waals surface area (Å²) in [5, 5.41) is 0. The van der Waals surface area contributed by atoms with Crippen molar-refractivity contribution in [3.8, 4) is 0 Å². The zero-order valence-corrected chi connectivity index (χ0v) is 19.0. The van der Waals surface area contributed by atoms with E-state index in [1.54, 1.807) is 13.2 Å². The first-order valence-electron chi connectivity index (χ1n) is 10.1. The van der Waals surface area contributed by atoms with Crippen molar-refractivity contribution in [2.24, 2.45) is 14.1 Å². The van der Waals surface area contributed by atoms with E-state index in [-0.39, 0.29) is 29.5 Å². The number of ketones is 1. The number of carbonyl (C=O) groups is 2. The number of hydrogen-bond donors (Lipinski definition) is 0. The van der Waals surface area contributed by atoms with Crippen LogP contribution in [0.1, 0.15) is 34.7 Å². The molecule has 0 bridgehead atoms. The number of ether oxygens (including phenoxy) is 2. The van der Waals surface area contributed by atoms with Crippen molar-refractivity contribution in [1.82, 2.24) is 23.3 Å². The number of imidazole rings is 1. The van der Waals surface area contributed by atoms with Gasteiger partial charge in [-0.2, -0.15) is 0 Å². The van der Waals surface area contributed by atoms with Crippen LogP contribution in [0, 0.1) is 13.8 Å². The van der Waals surface area contributed by atoms with Crippen LogP contribution >= 0.6 is 0 Å². The highest BCUT2D eigenvalue weighted by atomic mass is 16.5. The van der Waals surface area contributed by atoms with Crippen LogP contribution in [0.4, 0.5) is 0 Å². The van der Waals surface area contributed by atoms with Gasteiger partial charge in [0, 0.05) is 38.2 Å². The molecule has 1 atom stereocenters. The molecule has 11 heteroatoms. The third-order valence-electron chi connectivity index (χ3n) is 5.51. The summed E-state index contributed by atoms with van der Waals surface area (Å²) in [6, 6.07) is 1.82. The van der Waals surface area contributed by atoms with E-state index in [0.29, 0.717) is 12.2 Å². The minimum Gasteiger partial charge on any atom is -0.456 e. The van der Waals surface area contributed by atoms with Gasteiger partial charge in [-0.3, -0.25) is 23.5 Å². The molecule has 0 aliphatic carbocycles. The Labute approximate surface area is 183 Å². The zero-order chi connectivity index (χ0) is 23.7. The minimum absolute atomic E-state index is 0.0530. The summed E-state index contributed by atoms with van der Waals surface area (Å²) in [4.78, 5) is 53.6. The highest BCUT2D eigenvalue weighted by Gasteiger charge is 2.21. The Hall–Kier alpha value is -3.47. The first-order valence-corrected chi connectivity index (χ1v) is 10.1. The largest absolute Gasteiger partial charge is 0.456 e. The van der Waals surface area contributed by atoms with Crippen LogP contribution < -0.4 is 11.2 Å². The molecule has 0 fully saturated rings. The van der Waals surface area contributed by atoms with Crippen LogP contribution in [0.2, 0.25) is 0 Å². The molecule has 0 aliphatic rings. The van der Waals surface area contributed by atoms with Crippen molar-refractivity contribution in [1.29, 1.82) is 0 Å². The molecule has 32 heavy (non-hydrogen) atoms. The number of Topliss-reactive ketones (excluding diaryl/α,β-unsaturated/α-hetero) is 1. The number of fused-ring (bicyclic) bond motifs is 1. The zero-order valence-electron chi connectivity index (χ0n) is 19.0. The van der Waals surface area contributed by atoms with Crippen molar-refractivity contribution in [2.75, 3.05) is 20.3 Å². The second-order valence-electron chi connectivity index (χ2n) is 7.79. The molecule has 3 aromatic heterocycles. The summed E-state index contributed by atoms with van der Waals surface area (Å²) in [6.45, 7) is 5.49. The Morgan fingerprint density at radius 3 is 2.50 bits per heavy atom. The predicted molar refractivity (Wildman–Crippen MR) is 116 cm³/mol. The van der Waals surface area contributed by atoms with E-state index in [9.17, 15) is 19.2 Å². The van der Waals surface area contributed by atoms with Gasteiger partial charge in [-0.05, 0) is 26.8 Å². The summed E-state index contributed by atoms with van der Waals surface area (Å²) < 4.78 is 15.9. The van der Waals surface area contributed by atoms with Crippen molar-refractivity contribution >= 4 is 22.9 Å². The summed E-state index contributed by atoms with van der Waals surface area (Å²) in [6.07, 6.45) is 1.29. The quantitative estimate of drug-likeness (QED) is 0.365. The van der Waals surface area contributed by atoms with Crippen LogP contribution in [0.5, 0.6) is 0 Å². The number of rotatable bonds is 8. The second kappa shape index (κ2) is 8.95. The van der Waals surface area contributed by atoms with Gasteiger partial charge in [0.15, 0.2) is 17.8 Å². The Morgan fingerprint density at radius 1 is 1.16 bits per heavy atom. The van der Waals surface area contributed by atoms with E-state index in [2.05, 4.69) is 4.98 Å². The van der Waals surface area contributed by atoms with Gasteiger partial charge < -0.3 is 18.6 Å². The fourth-order valence-corrected chi connectivity index (χ4v) is 3.98. The Balaban J connectivity index is 1.74. The fraction of sp³-hybridized carbons (Fsp3) is 0.476. The highest BCUT2D eigenvalue weighted by molar-refractivity contribution is 5.99. The Kier molecular flexibility index (Phi) is 6.49. The summed E-state index contributed by atoms with van der Waals surface area (Å²) in [7, 11) is 4.46. The van der Waals surface area contributed by atoms with Crippen molar-refractivity contribution < 1.29 is 19.1 Å². The molecule has 0 unspecified atom stereocenters. The van der Waals surface area contributed by atoms with E-state index in [1.165, 1.54) is 29.6 Å². The lowest BCUT2D eigenvalue weighted by Gasteiger charge is -2.17. The number of hydrogen-bond acceptors (Lipinski definition) is 7. The number of methoxy groups -OCH3 is 1. The van der Waals surface area contributed by atoms with Gasteiger partial charge in [0.1, 0.15) is 6.54 Å². The maximum atomic E-state index is 12.7. The molecule has 0 saturated heterocycles. The van der Waals surface area contributed by atoms with E-state index in [0.717, 1.165) is 16.0 Å². The van der Waals surface area contributed by atoms with E-state index in [4.69, 9.17) is 9.47 Å². The molecule has 3 aromatic rings. The van der Waals surface area contributed by atoms with Gasteiger partial charge in [-0.15, -0.1) is 0 Å². The van der Waals surface area contributed by atoms with Crippen LogP contribution in [0.25, 0.3) is 11.2 Å². The average molecular weight is 445 g/mol. The average Bonchev–Trinajstić information content (AvgIpc) is 3.29. The molecular formula is C21H27N5O6. The Morgan fingerprint density at radius 2 is 1.84 bits per heavy atom. The first kappa shape index (κ1) is 23.2. The second-order valence-corrected chi connectivity index (χ2v) is 7.79. The number of aromatic nitrogens is 5. The SMILES string of the molecule is COC[C@H](C)n1c(C)cc(C(=O)COC(=O)Cn2cnc3c2c(=O)n(C)c(=O)n3C)c1C. The van der Waals surface area contributed by atoms with Gasteiger partial charge in [0.2, 0.25) is 5.78 Å². The first-order chi connectivity index (χ1) is 15.1. The van der Waals surface area contributed by atoms with E-state index < -0.39 is 23.8 Å². The molecule has 172 valence electrons. The molecule has 0 radical (unpaired) electrons. The van der Waals surface area contributed by atoms with Crippen LogP contribution in [-0.4, -0.2) is 55.3 Å². The minimum atomic E-state index is -0.699. The lowest BCUT2D eigenvalue weighted by atomic mass is 10.1. The van der Waals surface area contributed by atoms with Gasteiger partial charge in [-0.25, -0.2) is 9.78 Å². The van der Waals surface area contributed by atoms with Gasteiger partial charge in [-0.1, -0.05) is 0 Å². The van der Waals surface area contributed by atoms with Crippen molar-refractivity contribution in [3.05, 3.63) is 50.2 Å². The number of nitrogens with zero attached hydrogens (tertiary/aromatic N) is 5. The monoisotopic (exact) mass is 445 g/mol. The van der Waals surface area contributed by atoms with Crippen LogP contribution in [-0.2, 0) is 34.9 Å². The maximum Gasteiger partial charge on any atom is 0.332 e. The molecule has 11 nitrogen and oxygen atoms in total. The molecule has 0 spiro atoms. The summed E-state index contributed by atoms with van der Waals surface area (Å²) in [5.41, 5.74) is 1.36. The molecule has 3 rings (SSSR count). The summed E-state index contributed by atoms with van der Waals surface area (Å²) >= 11 is 0. The normalized spacial score (nSPS) is 12.3. The van der Waals surface area contributed by atoms with Gasteiger partial charge in [0.25, 0.3) is 5.56 Å². The van der Waals surface area contributed by atoms with Crippen molar-refractivity contribution in [2.45, 2.75) is 33.4 Å². The van der Waals surface area contributed by atoms with Crippen LogP contribution in [0.15, 0.2) is 22.0 Å². The third-order valence-corrected chi connectivity index (χ3v) is 5.51. The van der Waals surface area contributed by atoms with Gasteiger partial charge >= 0.3 is 11.7 Å². The molecule has 3 heterocycles. The van der Waals surface area contributed by atoms with E-state index >= 15 is 0 Å². The van der Waals surface area contributed by atoms with Gasteiger partial charge in [0.05, 0.1) is 19.0 Å². The standard InChI is InChI=1S/C21H27N5O6/c1-12-7-15(14(3)26(12)13(2)9-31-6)16(27)10-32-17(28)8-25-11-22-19-18(25)20(29)24(5)21(30)23(19)4/h7,11,13H,8-10H2,1-6H3/t13-/m0/s1. The lowest BCUT2D eigenvalue weighted by Crippen LogP contribution is -2.37. The molecule has 0 saturated carbocycles. The number of esters is 1. The summed E-state index contributed by atoms with van der Waals surface area (Å²) in [5.74, 6) is -1.02. The van der Waals surface area contributed by atoms with E-state index in [1.807, 2.05) is 25.3 Å². The molecule has 0 aromatic carbocycles. The predicted octanol–water partition coefficient (Wildman–Crippen LogP) is 0.486. The molecule has 0 amide bonds. The fourth-order valence-electron chi connectivity index (χ4n) is 3.98. The number of aryl methyl sites for hydroxylation is 2. The lowest BCUT2D eigenvalue weighted by molar-refractivity contribution is -0.143. The maximum absolute atomic E-state index is 12.7. The highest BCUT2D eigenvalue weighted by Crippen LogP contribution is 2.21. The molecule has 0 aliphatic heterocycles. The Bertz CT molecular complexity index is 1310. The molecule has 0 N–H and O–H groups in total. The smallest absolute Gasteiger partial charge is 0.332 e. The van der Waals surface area contributed by atoms with Crippen LogP contribution in [0.3, 0.4) is 0 Å². The number of carbonyl (C=O) groups excluding carboxylic acids is 2. The topological polar surface area (TPSA) is 119 Å². The molecular weight excluding hydrogens is 418 g/mol.